The van der Waals surface area contributed by atoms with Gasteiger partial charge in [0.15, 0.2) is 0 Å². The maximum atomic E-state index is 13.4. The molecule has 8 heteroatoms. The highest BCUT2D eigenvalue weighted by molar-refractivity contribution is 5.84. The summed E-state index contributed by atoms with van der Waals surface area (Å²) >= 11 is 0. The lowest BCUT2D eigenvalue weighted by molar-refractivity contribution is -0.142. The lowest BCUT2D eigenvalue weighted by Gasteiger charge is -2.22. The molecule has 0 aromatic carbocycles. The van der Waals surface area contributed by atoms with Crippen molar-refractivity contribution in [2.24, 2.45) is 5.92 Å². The molecule has 1 aliphatic heterocycles. The van der Waals surface area contributed by atoms with E-state index in [0.29, 0.717) is 25.9 Å². The number of anilines is 1. The van der Waals surface area contributed by atoms with E-state index in [2.05, 4.69) is 22.8 Å². The summed E-state index contributed by atoms with van der Waals surface area (Å²) in [4.78, 5) is 30.1. The molecule has 1 atom stereocenters. The zero-order chi connectivity index (χ0) is 24.1. The van der Waals surface area contributed by atoms with Crippen molar-refractivity contribution in [1.29, 1.82) is 0 Å². The molecule has 2 heterocycles. The second kappa shape index (κ2) is 14.8. The van der Waals surface area contributed by atoms with Crippen LogP contribution in [0.4, 0.5) is 10.2 Å². The predicted molar refractivity (Wildman–Crippen MR) is 129 cm³/mol. The molecule has 186 valence electrons. The number of hydrogen-bond acceptors (Lipinski definition) is 5. The normalized spacial score (nSPS) is 14.1. The summed E-state index contributed by atoms with van der Waals surface area (Å²) in [5.74, 6) is -0.451. The second-order valence-electron chi connectivity index (χ2n) is 8.94. The van der Waals surface area contributed by atoms with E-state index in [0.717, 1.165) is 63.0 Å². The van der Waals surface area contributed by atoms with Crippen molar-refractivity contribution in [3.63, 3.8) is 0 Å². The smallest absolute Gasteiger partial charge is 0.326 e. The van der Waals surface area contributed by atoms with E-state index < -0.39 is 18.8 Å². The van der Waals surface area contributed by atoms with Gasteiger partial charge in [0.2, 0.25) is 5.91 Å². The van der Waals surface area contributed by atoms with Crippen molar-refractivity contribution < 1.29 is 19.1 Å². The van der Waals surface area contributed by atoms with E-state index in [1.54, 1.807) is 4.90 Å². The van der Waals surface area contributed by atoms with Crippen molar-refractivity contribution in [3.8, 4) is 0 Å². The molecule has 0 saturated heterocycles. The Morgan fingerprint density at radius 3 is 2.64 bits per heavy atom. The number of halogens is 1. The highest BCUT2D eigenvalue weighted by Gasteiger charge is 2.24. The Bertz CT molecular complexity index is 742. The molecule has 1 aliphatic rings. The van der Waals surface area contributed by atoms with Gasteiger partial charge in [-0.3, -0.25) is 9.69 Å². The number of unbranched alkanes of at least 4 members (excludes halogenated alkanes) is 3. The van der Waals surface area contributed by atoms with Gasteiger partial charge in [-0.25, -0.2) is 14.2 Å². The minimum atomic E-state index is -1.07. The Hall–Kier alpha value is -2.22. The fraction of sp³-hybridized carbons (Fsp3) is 0.720. The molecule has 0 unspecified atom stereocenters. The van der Waals surface area contributed by atoms with Crippen LogP contribution in [0.5, 0.6) is 0 Å². The number of aromatic nitrogens is 1. The molecule has 0 bridgehead atoms. The Kier molecular flexibility index (Phi) is 12.1. The molecular weight excluding hydrogens is 423 g/mol. The molecular formula is C25H41FN4O3. The van der Waals surface area contributed by atoms with E-state index in [-0.39, 0.29) is 18.2 Å². The summed E-state index contributed by atoms with van der Waals surface area (Å²) in [6.45, 7) is 5.10. The van der Waals surface area contributed by atoms with E-state index in [1.165, 1.54) is 5.56 Å². The molecule has 33 heavy (non-hydrogen) atoms. The summed E-state index contributed by atoms with van der Waals surface area (Å²) in [5.41, 5.74) is 2.42. The van der Waals surface area contributed by atoms with Crippen LogP contribution in [0.25, 0.3) is 0 Å². The number of amides is 1. The number of fused-ring (bicyclic) bond motifs is 1. The summed E-state index contributed by atoms with van der Waals surface area (Å²) < 4.78 is 13.4. The zero-order valence-electron chi connectivity index (χ0n) is 20.2. The SMILES string of the molecule is CCC(CC)C(=O)N[C@@H](CCN(CF)CCCCCCc1ccc2c(n1)NCCC2)C(=O)O. The van der Waals surface area contributed by atoms with Crippen LogP contribution in [-0.2, 0) is 22.4 Å². The molecule has 0 spiro atoms. The molecule has 0 saturated carbocycles. The van der Waals surface area contributed by atoms with Gasteiger partial charge in [0, 0.05) is 31.2 Å². The molecule has 7 nitrogen and oxygen atoms in total. The zero-order valence-corrected chi connectivity index (χ0v) is 20.2. The van der Waals surface area contributed by atoms with Crippen LogP contribution >= 0.6 is 0 Å². The van der Waals surface area contributed by atoms with Gasteiger partial charge in [-0.2, -0.15) is 0 Å². The average molecular weight is 465 g/mol. The molecule has 0 radical (unpaired) electrons. The number of aliphatic carboxylic acids is 1. The van der Waals surface area contributed by atoms with Crippen LogP contribution in [-0.4, -0.2) is 59.3 Å². The number of carbonyl (C=O) groups is 2. The lowest BCUT2D eigenvalue weighted by Crippen LogP contribution is -2.45. The number of alkyl halides is 1. The van der Waals surface area contributed by atoms with Crippen LogP contribution in [0.2, 0.25) is 0 Å². The van der Waals surface area contributed by atoms with Gasteiger partial charge in [-0.1, -0.05) is 32.8 Å². The van der Waals surface area contributed by atoms with Gasteiger partial charge in [-0.05, 0) is 63.0 Å². The van der Waals surface area contributed by atoms with E-state index in [1.807, 2.05) is 13.8 Å². The average Bonchev–Trinajstić information content (AvgIpc) is 2.82. The largest absolute Gasteiger partial charge is 0.480 e. The fourth-order valence-corrected chi connectivity index (χ4v) is 4.25. The first-order valence-corrected chi connectivity index (χ1v) is 12.5. The van der Waals surface area contributed by atoms with Crippen molar-refractivity contribution in [3.05, 3.63) is 23.4 Å². The molecule has 1 amide bonds. The summed E-state index contributed by atoms with van der Waals surface area (Å²) in [7, 11) is 0. The maximum absolute atomic E-state index is 13.4. The number of nitrogens with one attached hydrogen (secondary N) is 2. The van der Waals surface area contributed by atoms with Gasteiger partial charge in [-0.15, -0.1) is 0 Å². The first-order valence-electron chi connectivity index (χ1n) is 12.5. The number of aryl methyl sites for hydroxylation is 2. The minimum Gasteiger partial charge on any atom is -0.480 e. The monoisotopic (exact) mass is 464 g/mol. The maximum Gasteiger partial charge on any atom is 0.326 e. The quantitative estimate of drug-likeness (QED) is 0.251. The molecule has 1 aromatic rings. The van der Waals surface area contributed by atoms with Gasteiger partial charge in [0.25, 0.3) is 0 Å². The number of rotatable bonds is 16. The van der Waals surface area contributed by atoms with E-state index in [4.69, 9.17) is 4.98 Å². The Labute approximate surface area is 197 Å². The number of carboxylic acids is 1. The van der Waals surface area contributed by atoms with Crippen LogP contribution < -0.4 is 10.6 Å². The van der Waals surface area contributed by atoms with Crippen molar-refractivity contribution >= 4 is 17.7 Å². The van der Waals surface area contributed by atoms with Crippen molar-refractivity contribution in [2.45, 2.75) is 84.1 Å². The second-order valence-corrected chi connectivity index (χ2v) is 8.94. The third-order valence-electron chi connectivity index (χ3n) is 6.48. The van der Waals surface area contributed by atoms with Crippen LogP contribution in [0.3, 0.4) is 0 Å². The number of carboxylic acid groups (broad SMARTS) is 1. The van der Waals surface area contributed by atoms with Crippen molar-refractivity contribution in [2.75, 3.05) is 31.7 Å². The Balaban J connectivity index is 1.64. The first kappa shape index (κ1) is 27.0. The Morgan fingerprint density at radius 2 is 1.94 bits per heavy atom. The standard InChI is InChI=1S/C25H41FN4O3/c1-3-19(4-2)24(31)29-22(25(32)33)14-17-30(18-26)16-8-6-5-7-11-21-13-12-20-10-9-15-27-23(20)28-21/h12-13,19,22H,3-11,14-18H2,1-2H3,(H,27,28)(H,29,31)(H,32,33)/t22-/m0/s1. The van der Waals surface area contributed by atoms with Crippen LogP contribution in [0.1, 0.15) is 76.5 Å². The summed E-state index contributed by atoms with van der Waals surface area (Å²) in [5, 5.41) is 15.4. The third-order valence-corrected chi connectivity index (χ3v) is 6.48. The van der Waals surface area contributed by atoms with E-state index in [9.17, 15) is 19.1 Å². The molecule has 2 rings (SSSR count). The highest BCUT2D eigenvalue weighted by atomic mass is 19.1. The number of pyridine rings is 1. The summed E-state index contributed by atoms with van der Waals surface area (Å²) in [6.07, 6.45) is 8.69. The van der Waals surface area contributed by atoms with Crippen LogP contribution in [0, 0.1) is 5.92 Å². The van der Waals surface area contributed by atoms with Gasteiger partial charge in [0.1, 0.15) is 18.7 Å². The number of nitrogens with zero attached hydrogens (tertiary/aromatic N) is 2. The third kappa shape index (κ3) is 9.27. The topological polar surface area (TPSA) is 94.6 Å². The van der Waals surface area contributed by atoms with Gasteiger partial charge >= 0.3 is 5.97 Å². The molecule has 1 aromatic heterocycles. The summed E-state index contributed by atoms with van der Waals surface area (Å²) in [6, 6.07) is 3.32. The molecule has 3 N–H and O–H groups in total. The number of hydrogen-bond donors (Lipinski definition) is 3. The molecule has 0 aliphatic carbocycles. The Morgan fingerprint density at radius 1 is 1.18 bits per heavy atom. The van der Waals surface area contributed by atoms with Gasteiger partial charge in [0.05, 0.1) is 0 Å². The number of carbonyl (C=O) groups excluding carboxylic acids is 1. The fourth-order valence-electron chi connectivity index (χ4n) is 4.25. The minimum absolute atomic E-state index is 0.183. The highest BCUT2D eigenvalue weighted by Crippen LogP contribution is 2.20. The van der Waals surface area contributed by atoms with Crippen molar-refractivity contribution in [1.82, 2.24) is 15.2 Å². The van der Waals surface area contributed by atoms with E-state index >= 15 is 0 Å². The first-order chi connectivity index (χ1) is 16.0. The van der Waals surface area contributed by atoms with Crippen LogP contribution in [0.15, 0.2) is 12.1 Å². The molecule has 0 fully saturated rings. The predicted octanol–water partition coefficient (Wildman–Crippen LogP) is 4.17. The lowest BCUT2D eigenvalue weighted by atomic mass is 10.0. The van der Waals surface area contributed by atoms with Gasteiger partial charge < -0.3 is 15.7 Å².